The molecule has 0 aliphatic heterocycles. The van der Waals surface area contributed by atoms with Crippen molar-refractivity contribution in [2.75, 3.05) is 0 Å². The molecule has 0 saturated carbocycles. The third-order valence-corrected chi connectivity index (χ3v) is 2.67. The van der Waals surface area contributed by atoms with Crippen LogP contribution < -0.4 is 5.73 Å². The number of aromatic nitrogens is 4. The van der Waals surface area contributed by atoms with Crippen LogP contribution >= 0.6 is 0 Å². The van der Waals surface area contributed by atoms with Crippen molar-refractivity contribution >= 4 is 5.84 Å². The highest BCUT2D eigenvalue weighted by Crippen LogP contribution is 2.10. The predicted molar refractivity (Wildman–Crippen MR) is 68.9 cm³/mol. The van der Waals surface area contributed by atoms with Crippen LogP contribution in [0.15, 0.2) is 18.3 Å². The van der Waals surface area contributed by atoms with Gasteiger partial charge in [0.25, 0.3) is 5.95 Å². The Hall–Kier alpha value is -2.24. The van der Waals surface area contributed by atoms with E-state index in [1.165, 1.54) is 0 Å². The fraction of sp³-hybridized carbons (Fsp3) is 0.333. The maximum absolute atomic E-state index is 7.39. The summed E-state index contributed by atoms with van der Waals surface area (Å²) in [7, 11) is 0. The molecule has 6 nitrogen and oxygen atoms in total. The molecule has 6 heteroatoms. The zero-order valence-electron chi connectivity index (χ0n) is 10.5. The van der Waals surface area contributed by atoms with Crippen molar-refractivity contribution in [1.82, 2.24) is 19.7 Å². The minimum absolute atomic E-state index is 0.0698. The summed E-state index contributed by atoms with van der Waals surface area (Å²) < 4.78 is 1.71. The van der Waals surface area contributed by atoms with Crippen LogP contribution in [-0.2, 0) is 12.8 Å². The lowest BCUT2D eigenvalue weighted by Gasteiger charge is -2.05. The van der Waals surface area contributed by atoms with Gasteiger partial charge >= 0.3 is 0 Å². The van der Waals surface area contributed by atoms with Crippen molar-refractivity contribution in [1.29, 1.82) is 5.41 Å². The molecule has 0 unspecified atom stereocenters. The van der Waals surface area contributed by atoms with Gasteiger partial charge in [0.2, 0.25) is 0 Å². The smallest absolute Gasteiger partial charge is 0.251 e. The molecule has 0 spiro atoms. The normalized spacial score (nSPS) is 10.6. The van der Waals surface area contributed by atoms with Crippen molar-refractivity contribution in [3.8, 4) is 5.95 Å². The lowest BCUT2D eigenvalue weighted by Crippen LogP contribution is -2.16. The molecule has 94 valence electrons. The fourth-order valence-electron chi connectivity index (χ4n) is 1.67. The van der Waals surface area contributed by atoms with Crippen molar-refractivity contribution in [3.05, 3.63) is 35.4 Å². The maximum atomic E-state index is 7.39. The average molecular weight is 244 g/mol. The number of amidine groups is 1. The van der Waals surface area contributed by atoms with Crippen molar-refractivity contribution in [3.63, 3.8) is 0 Å². The second-order valence-corrected chi connectivity index (χ2v) is 3.90. The first kappa shape index (κ1) is 12.2. The van der Waals surface area contributed by atoms with Gasteiger partial charge in [-0.25, -0.2) is 14.6 Å². The van der Waals surface area contributed by atoms with Gasteiger partial charge in [0.15, 0.2) is 0 Å². The molecule has 2 rings (SSSR count). The number of rotatable bonds is 4. The molecule has 0 atom stereocenters. The van der Waals surface area contributed by atoms with Crippen molar-refractivity contribution < 1.29 is 0 Å². The van der Waals surface area contributed by atoms with Crippen LogP contribution in [0, 0.1) is 5.41 Å². The summed E-state index contributed by atoms with van der Waals surface area (Å²) in [5, 5.41) is 11.8. The predicted octanol–water partition coefficient (Wildman–Crippen LogP) is 1.07. The van der Waals surface area contributed by atoms with Crippen LogP contribution in [0.5, 0.6) is 0 Å². The number of nitrogens with zero attached hydrogens (tertiary/aromatic N) is 4. The lowest BCUT2D eigenvalue weighted by molar-refractivity contribution is 0.744. The average Bonchev–Trinajstić information content (AvgIpc) is 2.82. The van der Waals surface area contributed by atoms with Gasteiger partial charge in [-0.2, -0.15) is 5.10 Å². The molecular formula is C12H16N6. The molecular weight excluding hydrogens is 228 g/mol. The lowest BCUT2D eigenvalue weighted by atomic mass is 10.3. The number of nitrogen functional groups attached to an aromatic ring is 1. The number of hydrogen-bond acceptors (Lipinski definition) is 4. The van der Waals surface area contributed by atoms with Gasteiger partial charge < -0.3 is 5.73 Å². The van der Waals surface area contributed by atoms with Gasteiger partial charge in [0, 0.05) is 11.9 Å². The van der Waals surface area contributed by atoms with E-state index >= 15 is 0 Å². The van der Waals surface area contributed by atoms with Crippen LogP contribution in [0.4, 0.5) is 0 Å². The maximum Gasteiger partial charge on any atom is 0.251 e. The quantitative estimate of drug-likeness (QED) is 0.621. The molecule has 0 amide bonds. The summed E-state index contributed by atoms with van der Waals surface area (Å²) in [6.45, 7) is 4.11. The van der Waals surface area contributed by atoms with E-state index in [0.717, 1.165) is 24.2 Å². The van der Waals surface area contributed by atoms with E-state index in [0.29, 0.717) is 11.6 Å². The molecule has 2 aromatic heterocycles. The summed E-state index contributed by atoms with van der Waals surface area (Å²) in [6.07, 6.45) is 3.30. The molecule has 2 aromatic rings. The summed E-state index contributed by atoms with van der Waals surface area (Å²) >= 11 is 0. The Labute approximate surface area is 105 Å². The van der Waals surface area contributed by atoms with E-state index in [9.17, 15) is 0 Å². The van der Waals surface area contributed by atoms with Gasteiger partial charge in [-0.3, -0.25) is 5.41 Å². The Balaban J connectivity index is 2.50. The molecule has 0 aliphatic carbocycles. The minimum atomic E-state index is -0.0698. The third-order valence-electron chi connectivity index (χ3n) is 2.67. The van der Waals surface area contributed by atoms with E-state index in [1.54, 1.807) is 16.9 Å². The third kappa shape index (κ3) is 2.22. The topological polar surface area (TPSA) is 93.5 Å². The van der Waals surface area contributed by atoms with Crippen molar-refractivity contribution in [2.45, 2.75) is 26.7 Å². The highest BCUT2D eigenvalue weighted by atomic mass is 15.4. The Morgan fingerprint density at radius 1 is 1.39 bits per heavy atom. The van der Waals surface area contributed by atoms with Crippen LogP contribution in [0.1, 0.15) is 30.9 Å². The Morgan fingerprint density at radius 3 is 2.78 bits per heavy atom. The minimum Gasteiger partial charge on any atom is -0.382 e. The van der Waals surface area contributed by atoms with E-state index in [1.807, 2.05) is 6.07 Å². The van der Waals surface area contributed by atoms with Gasteiger partial charge in [-0.05, 0) is 25.0 Å². The number of hydrogen-bond donors (Lipinski definition) is 2. The number of nitrogens with one attached hydrogen (secondary N) is 1. The molecule has 0 aliphatic rings. The van der Waals surface area contributed by atoms with Gasteiger partial charge in [-0.15, -0.1) is 0 Å². The van der Waals surface area contributed by atoms with E-state index in [-0.39, 0.29) is 5.84 Å². The van der Waals surface area contributed by atoms with Crippen LogP contribution in [0.3, 0.4) is 0 Å². The SMILES string of the molecule is CCc1cc(CC)n(-c2nccc(C(=N)N)n2)n1. The van der Waals surface area contributed by atoms with E-state index < -0.39 is 0 Å². The van der Waals surface area contributed by atoms with Crippen LogP contribution in [0.25, 0.3) is 5.95 Å². The molecule has 3 N–H and O–H groups in total. The van der Waals surface area contributed by atoms with Gasteiger partial charge in [-0.1, -0.05) is 13.8 Å². The summed E-state index contributed by atoms with van der Waals surface area (Å²) in [5.41, 5.74) is 7.89. The second-order valence-electron chi connectivity index (χ2n) is 3.90. The first-order valence-corrected chi connectivity index (χ1v) is 5.91. The molecule has 0 bridgehead atoms. The van der Waals surface area contributed by atoms with E-state index in [4.69, 9.17) is 11.1 Å². The molecule has 0 radical (unpaired) electrons. The fourth-order valence-corrected chi connectivity index (χ4v) is 1.67. The monoisotopic (exact) mass is 244 g/mol. The molecule has 0 aromatic carbocycles. The second kappa shape index (κ2) is 4.95. The largest absolute Gasteiger partial charge is 0.382 e. The Morgan fingerprint density at radius 2 is 2.17 bits per heavy atom. The zero-order chi connectivity index (χ0) is 13.1. The zero-order valence-corrected chi connectivity index (χ0v) is 10.5. The first-order valence-electron chi connectivity index (χ1n) is 5.91. The molecule has 0 saturated heterocycles. The van der Waals surface area contributed by atoms with Gasteiger partial charge in [0.1, 0.15) is 11.5 Å². The first-order chi connectivity index (χ1) is 8.65. The Kier molecular flexibility index (Phi) is 3.36. The highest BCUT2D eigenvalue weighted by molar-refractivity contribution is 5.92. The molecule has 0 fully saturated rings. The standard InChI is InChI=1S/C12H16N6/c1-3-8-7-9(4-2)18(17-8)12-15-6-5-10(16-12)11(13)14/h5-7H,3-4H2,1-2H3,(H3,13,14). The summed E-state index contributed by atoms with van der Waals surface area (Å²) in [5.74, 6) is 0.388. The van der Waals surface area contributed by atoms with Crippen LogP contribution in [-0.4, -0.2) is 25.6 Å². The number of aryl methyl sites for hydroxylation is 2. The van der Waals surface area contributed by atoms with Crippen LogP contribution in [0.2, 0.25) is 0 Å². The van der Waals surface area contributed by atoms with E-state index in [2.05, 4.69) is 28.9 Å². The van der Waals surface area contributed by atoms with Crippen molar-refractivity contribution in [2.24, 2.45) is 5.73 Å². The summed E-state index contributed by atoms with van der Waals surface area (Å²) in [4.78, 5) is 8.42. The highest BCUT2D eigenvalue weighted by Gasteiger charge is 2.10. The molecule has 2 heterocycles. The Bertz CT molecular complexity index is 572. The molecule has 18 heavy (non-hydrogen) atoms. The summed E-state index contributed by atoms with van der Waals surface area (Å²) in [6, 6.07) is 3.66. The number of nitrogens with two attached hydrogens (primary N) is 1. The van der Waals surface area contributed by atoms with Gasteiger partial charge in [0.05, 0.1) is 5.69 Å².